The van der Waals surface area contributed by atoms with E-state index in [1.165, 1.54) is 31.9 Å². The average Bonchev–Trinajstić information content (AvgIpc) is 2.90. The third-order valence-electron chi connectivity index (χ3n) is 2.86. The van der Waals surface area contributed by atoms with E-state index in [9.17, 15) is 4.79 Å². The molecule has 15 heavy (non-hydrogen) atoms. The fourth-order valence-electron chi connectivity index (χ4n) is 2.00. The van der Waals surface area contributed by atoms with E-state index in [0.717, 1.165) is 0 Å². The number of carbonyl (C=O) groups is 1. The van der Waals surface area contributed by atoms with Crippen LogP contribution >= 0.6 is 0 Å². The highest BCUT2D eigenvalue weighted by molar-refractivity contribution is 5.94. The van der Waals surface area contributed by atoms with Gasteiger partial charge in [0.25, 0.3) is 0 Å². The van der Waals surface area contributed by atoms with Gasteiger partial charge in [-0.25, -0.2) is 0 Å². The number of hydrogen-bond donors (Lipinski definition) is 0. The third-order valence-corrected chi connectivity index (χ3v) is 2.86. The van der Waals surface area contributed by atoms with Crippen molar-refractivity contribution in [2.75, 3.05) is 13.2 Å². The molecule has 1 fully saturated rings. The van der Waals surface area contributed by atoms with Crippen LogP contribution in [0.1, 0.15) is 36.2 Å². The van der Waals surface area contributed by atoms with Gasteiger partial charge in [0.15, 0.2) is 5.76 Å². The molecule has 1 aromatic heterocycles. The number of ether oxygens (including phenoxy) is 1. The summed E-state index contributed by atoms with van der Waals surface area (Å²) in [5, 5.41) is 0. The first-order chi connectivity index (χ1) is 7.36. The lowest BCUT2D eigenvalue weighted by Gasteiger charge is -2.08. The summed E-state index contributed by atoms with van der Waals surface area (Å²) in [6, 6.07) is 3.38. The van der Waals surface area contributed by atoms with Crippen LogP contribution in [-0.2, 0) is 4.74 Å². The average molecular weight is 208 g/mol. The van der Waals surface area contributed by atoms with Crippen molar-refractivity contribution in [3.8, 4) is 0 Å². The van der Waals surface area contributed by atoms with Crippen molar-refractivity contribution < 1.29 is 13.9 Å². The van der Waals surface area contributed by atoms with Crippen LogP contribution in [0.3, 0.4) is 0 Å². The molecule has 1 heterocycles. The highest BCUT2D eigenvalue weighted by Crippen LogP contribution is 2.24. The zero-order valence-electron chi connectivity index (χ0n) is 8.78. The first-order valence-electron chi connectivity index (χ1n) is 5.50. The molecule has 0 unspecified atom stereocenters. The maximum absolute atomic E-state index is 11.5. The van der Waals surface area contributed by atoms with Crippen LogP contribution in [0.25, 0.3) is 0 Å². The summed E-state index contributed by atoms with van der Waals surface area (Å²) in [5.74, 6) is 0.980. The quantitative estimate of drug-likeness (QED) is 0.698. The Morgan fingerprint density at radius 2 is 2.27 bits per heavy atom. The van der Waals surface area contributed by atoms with Crippen molar-refractivity contribution in [1.82, 2.24) is 0 Å². The molecular formula is C12H16O3. The normalized spacial score (nSPS) is 17.1. The van der Waals surface area contributed by atoms with Gasteiger partial charge in [-0.1, -0.05) is 12.8 Å². The molecule has 2 rings (SSSR count). The number of Topliss-reactive ketones (excluding diaryl/α,β-unsaturated/α-hetero) is 1. The molecule has 0 atom stereocenters. The summed E-state index contributed by atoms with van der Waals surface area (Å²) < 4.78 is 10.4. The van der Waals surface area contributed by atoms with Gasteiger partial charge in [0.05, 0.1) is 12.9 Å². The molecule has 3 heteroatoms. The fourth-order valence-corrected chi connectivity index (χ4v) is 2.00. The van der Waals surface area contributed by atoms with Gasteiger partial charge >= 0.3 is 0 Å². The van der Waals surface area contributed by atoms with E-state index in [-0.39, 0.29) is 12.4 Å². The van der Waals surface area contributed by atoms with Crippen LogP contribution in [-0.4, -0.2) is 19.0 Å². The molecule has 1 aromatic rings. The minimum Gasteiger partial charge on any atom is -0.461 e. The number of furan rings is 1. The van der Waals surface area contributed by atoms with Crippen molar-refractivity contribution in [3.05, 3.63) is 24.2 Å². The molecule has 0 spiro atoms. The summed E-state index contributed by atoms with van der Waals surface area (Å²) in [4.78, 5) is 11.5. The minimum atomic E-state index is -0.0713. The second-order valence-electron chi connectivity index (χ2n) is 4.07. The smallest absolute Gasteiger partial charge is 0.223 e. The number of carbonyl (C=O) groups excluding carboxylic acids is 1. The number of rotatable bonds is 5. The van der Waals surface area contributed by atoms with E-state index in [1.807, 2.05) is 0 Å². The molecule has 0 aliphatic heterocycles. The standard InChI is InChI=1S/C12H16O3/c13-11(12-6-3-7-15-12)9-14-8-10-4-1-2-5-10/h3,6-7,10H,1-2,4-5,8-9H2. The SMILES string of the molecule is O=C(COCC1CCCC1)c1ccco1. The van der Waals surface area contributed by atoms with Gasteiger partial charge in [-0.3, -0.25) is 4.79 Å². The molecule has 3 nitrogen and oxygen atoms in total. The Hall–Kier alpha value is -1.09. The van der Waals surface area contributed by atoms with Gasteiger partial charge in [0.2, 0.25) is 5.78 Å². The molecule has 0 N–H and O–H groups in total. The van der Waals surface area contributed by atoms with Gasteiger partial charge in [-0.15, -0.1) is 0 Å². The molecule has 1 aliphatic carbocycles. The van der Waals surface area contributed by atoms with E-state index < -0.39 is 0 Å². The molecule has 0 aromatic carbocycles. The van der Waals surface area contributed by atoms with E-state index in [0.29, 0.717) is 18.3 Å². The molecule has 1 saturated carbocycles. The summed E-state index contributed by atoms with van der Waals surface area (Å²) in [5.41, 5.74) is 0. The number of hydrogen-bond acceptors (Lipinski definition) is 3. The maximum atomic E-state index is 11.5. The predicted molar refractivity (Wildman–Crippen MR) is 55.8 cm³/mol. The van der Waals surface area contributed by atoms with E-state index >= 15 is 0 Å². The monoisotopic (exact) mass is 208 g/mol. The summed E-state index contributed by atoms with van der Waals surface area (Å²) in [7, 11) is 0. The summed E-state index contributed by atoms with van der Waals surface area (Å²) >= 11 is 0. The van der Waals surface area contributed by atoms with E-state index in [2.05, 4.69) is 0 Å². The second-order valence-corrected chi connectivity index (χ2v) is 4.07. The van der Waals surface area contributed by atoms with Crippen LogP contribution in [0.2, 0.25) is 0 Å². The highest BCUT2D eigenvalue weighted by atomic mass is 16.5. The Labute approximate surface area is 89.4 Å². The van der Waals surface area contributed by atoms with Crippen molar-refractivity contribution in [2.45, 2.75) is 25.7 Å². The second kappa shape index (κ2) is 5.12. The summed E-state index contributed by atoms with van der Waals surface area (Å²) in [6.45, 7) is 0.858. The zero-order chi connectivity index (χ0) is 10.5. The van der Waals surface area contributed by atoms with Crippen molar-refractivity contribution >= 4 is 5.78 Å². The molecule has 0 bridgehead atoms. The Morgan fingerprint density at radius 3 is 2.93 bits per heavy atom. The Balaban J connectivity index is 1.67. The lowest BCUT2D eigenvalue weighted by Crippen LogP contribution is -2.12. The number of ketones is 1. The van der Waals surface area contributed by atoms with Gasteiger partial charge < -0.3 is 9.15 Å². The van der Waals surface area contributed by atoms with Crippen molar-refractivity contribution in [2.24, 2.45) is 5.92 Å². The van der Waals surface area contributed by atoms with Crippen LogP contribution in [0.5, 0.6) is 0 Å². The van der Waals surface area contributed by atoms with E-state index in [1.54, 1.807) is 12.1 Å². The minimum absolute atomic E-state index is 0.0713. The fraction of sp³-hybridized carbons (Fsp3) is 0.583. The largest absolute Gasteiger partial charge is 0.461 e. The molecule has 0 saturated heterocycles. The van der Waals surface area contributed by atoms with Gasteiger partial charge in [0.1, 0.15) is 6.61 Å². The van der Waals surface area contributed by atoms with Gasteiger partial charge in [-0.05, 0) is 30.9 Å². The topological polar surface area (TPSA) is 39.4 Å². The van der Waals surface area contributed by atoms with Crippen LogP contribution < -0.4 is 0 Å². The first-order valence-corrected chi connectivity index (χ1v) is 5.50. The Morgan fingerprint density at radius 1 is 1.47 bits per heavy atom. The van der Waals surface area contributed by atoms with Crippen LogP contribution in [0.4, 0.5) is 0 Å². The van der Waals surface area contributed by atoms with E-state index in [4.69, 9.17) is 9.15 Å². The Kier molecular flexibility index (Phi) is 3.56. The molecule has 0 radical (unpaired) electrons. The maximum Gasteiger partial charge on any atom is 0.223 e. The zero-order valence-corrected chi connectivity index (χ0v) is 8.78. The van der Waals surface area contributed by atoms with Crippen LogP contribution in [0, 0.1) is 5.92 Å². The lowest BCUT2D eigenvalue weighted by molar-refractivity contribution is 0.0657. The van der Waals surface area contributed by atoms with Gasteiger partial charge in [-0.2, -0.15) is 0 Å². The molecule has 1 aliphatic rings. The Bertz CT molecular complexity index is 297. The molecular weight excluding hydrogens is 192 g/mol. The first kappa shape index (κ1) is 10.4. The lowest BCUT2D eigenvalue weighted by atomic mass is 10.1. The predicted octanol–water partition coefficient (Wildman–Crippen LogP) is 2.67. The van der Waals surface area contributed by atoms with Crippen molar-refractivity contribution in [3.63, 3.8) is 0 Å². The summed E-state index contributed by atoms with van der Waals surface area (Å²) in [6.07, 6.45) is 6.61. The molecule has 0 amide bonds. The third kappa shape index (κ3) is 2.93. The van der Waals surface area contributed by atoms with Crippen LogP contribution in [0.15, 0.2) is 22.8 Å². The molecule has 82 valence electrons. The van der Waals surface area contributed by atoms with Gasteiger partial charge in [0, 0.05) is 0 Å². The van der Waals surface area contributed by atoms with Crippen molar-refractivity contribution in [1.29, 1.82) is 0 Å². The highest BCUT2D eigenvalue weighted by Gasteiger charge is 2.16.